The van der Waals surface area contributed by atoms with Crippen LogP contribution in [0.15, 0.2) is 24.3 Å². The molecule has 0 amide bonds. The predicted octanol–water partition coefficient (Wildman–Crippen LogP) is 4.22. The van der Waals surface area contributed by atoms with E-state index in [4.69, 9.17) is 23.2 Å². The summed E-state index contributed by atoms with van der Waals surface area (Å²) in [5.74, 6) is 1.82. The molecule has 0 aromatic carbocycles. The van der Waals surface area contributed by atoms with Crippen LogP contribution >= 0.6 is 23.2 Å². The molecule has 0 aliphatic rings. The molecule has 4 nitrogen and oxygen atoms in total. The molecule has 0 saturated heterocycles. The first-order chi connectivity index (χ1) is 10.2. The number of hydrogen-bond donors (Lipinski definition) is 0. The van der Waals surface area contributed by atoms with Crippen molar-refractivity contribution in [1.29, 1.82) is 0 Å². The molecule has 6 heteroatoms. The lowest BCUT2D eigenvalue weighted by molar-refractivity contribution is 1.05. The lowest BCUT2D eigenvalue weighted by Crippen LogP contribution is -2.12. The molecule has 0 aliphatic carbocycles. The number of nitrogens with zero attached hydrogens (tertiary/aromatic N) is 4. The van der Waals surface area contributed by atoms with E-state index in [0.29, 0.717) is 10.3 Å². The van der Waals surface area contributed by atoms with E-state index in [0.717, 1.165) is 22.8 Å². The first-order valence-electron chi connectivity index (χ1n) is 6.83. The summed E-state index contributed by atoms with van der Waals surface area (Å²) < 4.78 is 0. The minimum Gasteiger partial charge on any atom is -0.363 e. The Kier molecular flexibility index (Phi) is 6.91. The molecule has 2 aromatic heterocycles. The number of aryl methyl sites for hydroxylation is 2. The molecule has 2 heterocycles. The highest BCUT2D eigenvalue weighted by Gasteiger charge is 2.01. The van der Waals surface area contributed by atoms with Crippen molar-refractivity contribution in [2.75, 3.05) is 38.0 Å². The summed E-state index contributed by atoms with van der Waals surface area (Å²) in [4.78, 5) is 12.2. The average Bonchev–Trinajstić information content (AvgIpc) is 2.44. The van der Waals surface area contributed by atoms with Gasteiger partial charge in [-0.15, -0.1) is 0 Å². The Morgan fingerprint density at radius 1 is 0.773 bits per heavy atom. The van der Waals surface area contributed by atoms with Gasteiger partial charge in [-0.05, 0) is 37.1 Å². The third-order valence-corrected chi connectivity index (χ3v) is 3.53. The molecular formula is C16H22Cl2N4. The molecule has 0 spiro atoms. The molecule has 0 N–H and O–H groups in total. The van der Waals surface area contributed by atoms with Crippen molar-refractivity contribution in [2.45, 2.75) is 13.8 Å². The Morgan fingerprint density at radius 2 is 1.36 bits per heavy atom. The van der Waals surface area contributed by atoms with Crippen LogP contribution < -0.4 is 9.80 Å². The van der Waals surface area contributed by atoms with Gasteiger partial charge in [0.05, 0.1) is 0 Å². The van der Waals surface area contributed by atoms with Gasteiger partial charge < -0.3 is 9.80 Å². The first kappa shape index (κ1) is 18.5. The van der Waals surface area contributed by atoms with Crippen molar-refractivity contribution in [3.8, 4) is 0 Å². The van der Waals surface area contributed by atoms with E-state index in [1.54, 1.807) is 6.07 Å². The summed E-state index contributed by atoms with van der Waals surface area (Å²) in [5, 5.41) is 1.12. The molecule has 0 unspecified atom stereocenters. The second-order valence-corrected chi connectivity index (χ2v) is 6.09. The molecule has 22 heavy (non-hydrogen) atoms. The Hall–Kier alpha value is -1.52. The molecule has 2 aromatic rings. The van der Waals surface area contributed by atoms with E-state index in [1.165, 1.54) is 0 Å². The molecule has 2 rings (SSSR count). The molecule has 0 fully saturated rings. The zero-order valence-corrected chi connectivity index (χ0v) is 15.4. The fraction of sp³-hybridized carbons (Fsp3) is 0.375. The van der Waals surface area contributed by atoms with Crippen LogP contribution in [-0.4, -0.2) is 38.2 Å². The molecule has 120 valence electrons. The zero-order valence-electron chi connectivity index (χ0n) is 13.9. The second kappa shape index (κ2) is 8.20. The fourth-order valence-corrected chi connectivity index (χ4v) is 1.98. The van der Waals surface area contributed by atoms with E-state index in [-0.39, 0.29) is 0 Å². The van der Waals surface area contributed by atoms with Gasteiger partial charge in [-0.25, -0.2) is 9.97 Å². The lowest BCUT2D eigenvalue weighted by Gasteiger charge is -2.13. The van der Waals surface area contributed by atoms with Crippen LogP contribution in [-0.2, 0) is 0 Å². The number of halogens is 2. The Balaban J connectivity index is 0.000000220. The third kappa shape index (κ3) is 5.35. The normalized spacial score (nSPS) is 9.82. The van der Waals surface area contributed by atoms with Gasteiger partial charge in [-0.3, -0.25) is 0 Å². The van der Waals surface area contributed by atoms with E-state index in [9.17, 15) is 0 Å². The van der Waals surface area contributed by atoms with Crippen molar-refractivity contribution in [1.82, 2.24) is 9.97 Å². The number of anilines is 2. The minimum absolute atomic E-state index is 0.541. The van der Waals surface area contributed by atoms with Crippen LogP contribution in [0.4, 0.5) is 11.6 Å². The van der Waals surface area contributed by atoms with Gasteiger partial charge in [0.1, 0.15) is 21.9 Å². The second-order valence-electron chi connectivity index (χ2n) is 5.34. The van der Waals surface area contributed by atoms with Gasteiger partial charge in [0.15, 0.2) is 0 Å². The fourth-order valence-electron chi connectivity index (χ4n) is 1.69. The maximum atomic E-state index is 5.82. The minimum atomic E-state index is 0.541. The standard InChI is InChI=1S/2C8H11ClN2/c1-6-4-5-7(11(2)3)10-8(6)9;1-6-4-5-7(9)10-8(6)11(2)3/h2*4-5H,1-3H3. The molecule has 0 saturated carbocycles. The van der Waals surface area contributed by atoms with Crippen LogP contribution in [0.2, 0.25) is 10.3 Å². The van der Waals surface area contributed by atoms with E-state index >= 15 is 0 Å². The van der Waals surface area contributed by atoms with Gasteiger partial charge >= 0.3 is 0 Å². The van der Waals surface area contributed by atoms with Gasteiger partial charge in [0, 0.05) is 28.2 Å². The monoisotopic (exact) mass is 340 g/mol. The molecule has 0 bridgehead atoms. The predicted molar refractivity (Wildman–Crippen MR) is 96.6 cm³/mol. The summed E-state index contributed by atoms with van der Waals surface area (Å²) >= 11 is 11.5. The van der Waals surface area contributed by atoms with Gasteiger partial charge in [-0.1, -0.05) is 35.3 Å². The Labute approximate surface area is 142 Å². The smallest absolute Gasteiger partial charge is 0.134 e. The van der Waals surface area contributed by atoms with Crippen molar-refractivity contribution in [3.63, 3.8) is 0 Å². The highest BCUT2D eigenvalue weighted by molar-refractivity contribution is 6.30. The molecule has 0 atom stereocenters. The topological polar surface area (TPSA) is 32.3 Å². The first-order valence-corrected chi connectivity index (χ1v) is 7.59. The summed E-state index contributed by atoms with van der Waals surface area (Å²) in [7, 11) is 7.78. The average molecular weight is 341 g/mol. The van der Waals surface area contributed by atoms with Crippen LogP contribution in [0.25, 0.3) is 0 Å². The number of rotatable bonds is 2. The van der Waals surface area contributed by atoms with Crippen LogP contribution in [0.3, 0.4) is 0 Å². The van der Waals surface area contributed by atoms with Crippen LogP contribution in [0.5, 0.6) is 0 Å². The summed E-state index contributed by atoms with van der Waals surface area (Å²) in [5.41, 5.74) is 2.15. The van der Waals surface area contributed by atoms with E-state index < -0.39 is 0 Å². The van der Waals surface area contributed by atoms with Crippen molar-refractivity contribution in [2.24, 2.45) is 0 Å². The van der Waals surface area contributed by atoms with Crippen molar-refractivity contribution in [3.05, 3.63) is 45.7 Å². The maximum Gasteiger partial charge on any atom is 0.134 e. The van der Waals surface area contributed by atoms with Gasteiger partial charge in [0.2, 0.25) is 0 Å². The molecule has 0 radical (unpaired) electrons. The molecular weight excluding hydrogens is 319 g/mol. The quantitative estimate of drug-likeness (QED) is 0.766. The van der Waals surface area contributed by atoms with E-state index in [2.05, 4.69) is 9.97 Å². The Bertz CT molecular complexity index is 628. The summed E-state index contributed by atoms with van der Waals surface area (Å²) in [6.07, 6.45) is 0. The van der Waals surface area contributed by atoms with Crippen molar-refractivity contribution >= 4 is 34.8 Å². The Morgan fingerprint density at radius 3 is 1.82 bits per heavy atom. The molecule has 0 aliphatic heterocycles. The lowest BCUT2D eigenvalue weighted by atomic mass is 10.3. The van der Waals surface area contributed by atoms with Crippen LogP contribution in [0.1, 0.15) is 11.1 Å². The highest BCUT2D eigenvalue weighted by atomic mass is 35.5. The number of pyridine rings is 2. The van der Waals surface area contributed by atoms with Crippen molar-refractivity contribution < 1.29 is 0 Å². The largest absolute Gasteiger partial charge is 0.363 e. The highest BCUT2D eigenvalue weighted by Crippen LogP contribution is 2.17. The third-order valence-electron chi connectivity index (χ3n) is 2.94. The summed E-state index contributed by atoms with van der Waals surface area (Å²) in [6.45, 7) is 3.95. The zero-order chi connectivity index (χ0) is 16.9. The number of hydrogen-bond acceptors (Lipinski definition) is 4. The number of aromatic nitrogens is 2. The van der Waals surface area contributed by atoms with Crippen LogP contribution in [0, 0.1) is 13.8 Å². The van der Waals surface area contributed by atoms with Gasteiger partial charge in [-0.2, -0.15) is 0 Å². The van der Waals surface area contributed by atoms with Gasteiger partial charge in [0.25, 0.3) is 0 Å². The maximum absolute atomic E-state index is 5.82. The SMILES string of the molecule is Cc1ccc(Cl)nc1N(C)C.Cc1ccc(N(C)C)nc1Cl. The van der Waals surface area contributed by atoms with E-state index in [1.807, 2.05) is 70.0 Å². The summed E-state index contributed by atoms with van der Waals surface area (Å²) in [6, 6.07) is 7.67.